The van der Waals surface area contributed by atoms with Crippen molar-refractivity contribution in [3.63, 3.8) is 0 Å². The van der Waals surface area contributed by atoms with Crippen molar-refractivity contribution in [2.45, 2.75) is 13.8 Å². The second-order valence-electron chi connectivity index (χ2n) is 6.80. The van der Waals surface area contributed by atoms with Crippen LogP contribution in [0.4, 0.5) is 16.0 Å². The average Bonchev–Trinajstić information content (AvgIpc) is 2.67. The van der Waals surface area contributed by atoms with E-state index in [1.165, 1.54) is 6.07 Å². The van der Waals surface area contributed by atoms with Gasteiger partial charge in [-0.1, -0.05) is 26.0 Å². The van der Waals surface area contributed by atoms with Gasteiger partial charge < -0.3 is 15.1 Å². The second kappa shape index (κ2) is 8.12. The number of nitrogens with zero attached hydrogens (tertiary/aromatic N) is 4. The average molecular weight is 357 g/mol. The van der Waals surface area contributed by atoms with Gasteiger partial charge in [-0.3, -0.25) is 4.79 Å². The van der Waals surface area contributed by atoms with Gasteiger partial charge in [0.1, 0.15) is 5.82 Å². The number of hydrogen-bond donors (Lipinski definition) is 1. The first-order chi connectivity index (χ1) is 12.5. The number of anilines is 2. The first-order valence-corrected chi connectivity index (χ1v) is 8.89. The normalized spacial score (nSPS) is 14.6. The highest BCUT2D eigenvalue weighted by Crippen LogP contribution is 2.21. The van der Waals surface area contributed by atoms with E-state index in [9.17, 15) is 9.18 Å². The molecular formula is C19H24FN5O. The number of carbonyl (C=O) groups excluding carboxylic acids is 1. The maximum Gasteiger partial charge on any atom is 0.254 e. The number of carbonyl (C=O) groups is 1. The first-order valence-electron chi connectivity index (χ1n) is 8.89. The quantitative estimate of drug-likeness (QED) is 0.890. The van der Waals surface area contributed by atoms with E-state index in [0.29, 0.717) is 55.8 Å². The van der Waals surface area contributed by atoms with E-state index in [4.69, 9.17) is 0 Å². The molecule has 1 saturated heterocycles. The molecule has 0 aliphatic carbocycles. The van der Waals surface area contributed by atoms with Crippen molar-refractivity contribution < 1.29 is 9.18 Å². The van der Waals surface area contributed by atoms with E-state index in [2.05, 4.69) is 15.3 Å². The number of para-hydroxylation sites is 1. The lowest BCUT2D eigenvalue weighted by Crippen LogP contribution is -2.47. The van der Waals surface area contributed by atoms with Gasteiger partial charge in [-0.05, 0) is 18.1 Å². The molecule has 0 saturated carbocycles. The van der Waals surface area contributed by atoms with Crippen molar-refractivity contribution in [1.29, 1.82) is 0 Å². The molecule has 1 N–H and O–H groups in total. The highest BCUT2D eigenvalue weighted by atomic mass is 19.1. The van der Waals surface area contributed by atoms with Crippen LogP contribution in [0.15, 0.2) is 36.7 Å². The lowest BCUT2D eigenvalue weighted by atomic mass is 10.2. The molecule has 6 nitrogen and oxygen atoms in total. The Morgan fingerprint density at radius 2 is 1.73 bits per heavy atom. The van der Waals surface area contributed by atoms with Gasteiger partial charge in [0.15, 0.2) is 0 Å². The van der Waals surface area contributed by atoms with Crippen molar-refractivity contribution in [3.05, 3.63) is 48.0 Å². The molecule has 2 heterocycles. The molecule has 1 fully saturated rings. The van der Waals surface area contributed by atoms with Gasteiger partial charge in [-0.25, -0.2) is 14.4 Å². The lowest BCUT2D eigenvalue weighted by Gasteiger charge is -2.36. The van der Waals surface area contributed by atoms with Crippen molar-refractivity contribution in [1.82, 2.24) is 15.3 Å². The molecule has 1 aromatic carbocycles. The van der Waals surface area contributed by atoms with E-state index in [-0.39, 0.29) is 11.7 Å². The minimum Gasteiger partial charge on any atom is -0.366 e. The monoisotopic (exact) mass is 357 g/mol. The number of piperazine rings is 1. The van der Waals surface area contributed by atoms with Crippen LogP contribution in [0.1, 0.15) is 24.2 Å². The molecule has 0 atom stereocenters. The topological polar surface area (TPSA) is 61.4 Å². The van der Waals surface area contributed by atoms with Crippen LogP contribution in [0, 0.1) is 11.7 Å². The molecule has 0 unspecified atom stereocenters. The zero-order chi connectivity index (χ0) is 18.5. The van der Waals surface area contributed by atoms with Gasteiger partial charge in [0.05, 0.1) is 11.3 Å². The Bertz CT molecular complexity index is 742. The Morgan fingerprint density at radius 1 is 1.12 bits per heavy atom. The third-order valence-electron chi connectivity index (χ3n) is 4.33. The van der Waals surface area contributed by atoms with Crippen molar-refractivity contribution in [2.75, 3.05) is 42.5 Å². The molecule has 2 aromatic rings. The zero-order valence-electron chi connectivity index (χ0n) is 15.2. The van der Waals surface area contributed by atoms with E-state index in [1.807, 2.05) is 29.7 Å². The van der Waals surface area contributed by atoms with Gasteiger partial charge in [0.25, 0.3) is 5.91 Å². The van der Waals surface area contributed by atoms with Crippen molar-refractivity contribution in [2.24, 2.45) is 5.92 Å². The predicted molar refractivity (Wildman–Crippen MR) is 100 cm³/mol. The summed E-state index contributed by atoms with van der Waals surface area (Å²) < 4.78 is 13.9. The minimum atomic E-state index is -0.200. The highest BCUT2D eigenvalue weighted by Gasteiger charge is 2.21. The molecule has 0 spiro atoms. The van der Waals surface area contributed by atoms with Crippen LogP contribution >= 0.6 is 0 Å². The van der Waals surface area contributed by atoms with Crippen molar-refractivity contribution in [3.8, 4) is 0 Å². The Labute approximate surface area is 153 Å². The maximum atomic E-state index is 13.9. The maximum absolute atomic E-state index is 13.9. The Morgan fingerprint density at radius 3 is 2.35 bits per heavy atom. The summed E-state index contributed by atoms with van der Waals surface area (Å²) in [6.07, 6.45) is 3.11. The van der Waals surface area contributed by atoms with Crippen LogP contribution in [0.5, 0.6) is 0 Å². The van der Waals surface area contributed by atoms with Crippen LogP contribution < -0.4 is 15.1 Å². The van der Waals surface area contributed by atoms with E-state index in [1.54, 1.807) is 24.5 Å². The summed E-state index contributed by atoms with van der Waals surface area (Å²) in [4.78, 5) is 24.8. The molecule has 3 rings (SSSR count). The van der Waals surface area contributed by atoms with Crippen LogP contribution in [0.2, 0.25) is 0 Å². The van der Waals surface area contributed by atoms with Gasteiger partial charge in [-0.15, -0.1) is 0 Å². The number of amides is 1. The molecule has 0 radical (unpaired) electrons. The fourth-order valence-corrected chi connectivity index (χ4v) is 2.86. The SMILES string of the molecule is CC(C)CNC(=O)c1cnc(N2CCN(c3ccccc3F)CC2)nc1. The predicted octanol–water partition coefficient (Wildman–Crippen LogP) is 2.33. The van der Waals surface area contributed by atoms with E-state index < -0.39 is 0 Å². The molecule has 1 aromatic heterocycles. The summed E-state index contributed by atoms with van der Waals surface area (Å²) in [6, 6.07) is 6.82. The van der Waals surface area contributed by atoms with Gasteiger partial charge in [-0.2, -0.15) is 0 Å². The number of halogens is 1. The van der Waals surface area contributed by atoms with Crippen LogP contribution in [-0.4, -0.2) is 48.6 Å². The summed E-state index contributed by atoms with van der Waals surface area (Å²) in [7, 11) is 0. The fraction of sp³-hybridized carbons (Fsp3) is 0.421. The summed E-state index contributed by atoms with van der Waals surface area (Å²) in [5.74, 6) is 0.632. The van der Waals surface area contributed by atoms with Crippen LogP contribution in [-0.2, 0) is 0 Å². The molecule has 138 valence electrons. The lowest BCUT2D eigenvalue weighted by molar-refractivity contribution is 0.0948. The van der Waals surface area contributed by atoms with E-state index in [0.717, 1.165) is 0 Å². The summed E-state index contributed by atoms with van der Waals surface area (Å²) in [5, 5.41) is 2.85. The number of benzene rings is 1. The smallest absolute Gasteiger partial charge is 0.254 e. The van der Waals surface area contributed by atoms with Gasteiger partial charge >= 0.3 is 0 Å². The van der Waals surface area contributed by atoms with E-state index >= 15 is 0 Å². The van der Waals surface area contributed by atoms with Crippen LogP contribution in [0.3, 0.4) is 0 Å². The van der Waals surface area contributed by atoms with Crippen LogP contribution in [0.25, 0.3) is 0 Å². The van der Waals surface area contributed by atoms with Gasteiger partial charge in [0, 0.05) is 45.1 Å². The Kier molecular flexibility index (Phi) is 5.65. The number of hydrogen-bond acceptors (Lipinski definition) is 5. The molecule has 26 heavy (non-hydrogen) atoms. The zero-order valence-corrected chi connectivity index (χ0v) is 15.2. The highest BCUT2D eigenvalue weighted by molar-refractivity contribution is 5.93. The number of nitrogens with one attached hydrogen (secondary N) is 1. The minimum absolute atomic E-state index is 0.158. The molecule has 1 amide bonds. The largest absolute Gasteiger partial charge is 0.366 e. The first kappa shape index (κ1) is 18.1. The standard InChI is InChI=1S/C19H24FN5O/c1-14(2)11-21-18(26)15-12-22-19(23-13-15)25-9-7-24(8-10-25)17-6-4-3-5-16(17)20/h3-6,12-14H,7-11H2,1-2H3,(H,21,26). The molecular weight excluding hydrogens is 333 g/mol. The molecule has 7 heteroatoms. The summed E-state index contributed by atoms with van der Waals surface area (Å²) in [5.41, 5.74) is 1.09. The molecule has 1 aliphatic heterocycles. The fourth-order valence-electron chi connectivity index (χ4n) is 2.86. The second-order valence-corrected chi connectivity index (χ2v) is 6.80. The third-order valence-corrected chi connectivity index (χ3v) is 4.33. The molecule has 1 aliphatic rings. The number of rotatable bonds is 5. The Hall–Kier alpha value is -2.70. The molecule has 0 bridgehead atoms. The van der Waals surface area contributed by atoms with Gasteiger partial charge in [0.2, 0.25) is 5.95 Å². The number of aromatic nitrogens is 2. The summed E-state index contributed by atoms with van der Waals surface area (Å²) >= 11 is 0. The van der Waals surface area contributed by atoms with Crippen molar-refractivity contribution >= 4 is 17.5 Å². The third kappa shape index (κ3) is 4.28. The Balaban J connectivity index is 1.58. The summed E-state index contributed by atoms with van der Waals surface area (Å²) in [6.45, 7) is 7.50.